The number of aryl methyl sites for hydroxylation is 1. The summed E-state index contributed by atoms with van der Waals surface area (Å²) in [4.78, 5) is 18.8. The molecule has 1 aliphatic heterocycles. The normalized spacial score (nSPS) is 13.2. The third kappa shape index (κ3) is 8.21. The van der Waals surface area contributed by atoms with Gasteiger partial charge in [0.2, 0.25) is 5.91 Å². The van der Waals surface area contributed by atoms with Gasteiger partial charge in [-0.1, -0.05) is 36.4 Å². The molecule has 2 aromatic carbocycles. The number of carbonyl (C=O) groups excluding carboxylic acids is 1. The van der Waals surface area contributed by atoms with Crippen molar-refractivity contribution in [1.29, 1.82) is 0 Å². The summed E-state index contributed by atoms with van der Waals surface area (Å²) < 4.78 is 6.13. The molecule has 33 heavy (non-hydrogen) atoms. The molecule has 1 amide bonds. The molecule has 0 spiro atoms. The summed E-state index contributed by atoms with van der Waals surface area (Å²) in [5, 5.41) is 6.66. The van der Waals surface area contributed by atoms with Crippen molar-refractivity contribution < 1.29 is 9.53 Å². The predicted molar refractivity (Wildman–Crippen MR) is 145 cm³/mol. The van der Waals surface area contributed by atoms with Crippen LogP contribution in [0.15, 0.2) is 47.5 Å². The SMILES string of the molecule is CN=C(NCCCC(=O)N1Cc2ccccc2C1)NCc1ccc(C)cc1OC(C)(C)C.I. The molecule has 7 heteroatoms. The minimum Gasteiger partial charge on any atom is -0.488 e. The Kier molecular flexibility index (Phi) is 10.0. The fraction of sp³-hybridized carbons (Fsp3) is 0.462. The van der Waals surface area contributed by atoms with Gasteiger partial charge >= 0.3 is 0 Å². The van der Waals surface area contributed by atoms with Crippen molar-refractivity contribution in [1.82, 2.24) is 15.5 Å². The maximum atomic E-state index is 12.6. The Morgan fingerprint density at radius 3 is 2.36 bits per heavy atom. The average Bonchev–Trinajstić information content (AvgIpc) is 3.17. The number of nitrogens with zero attached hydrogens (tertiary/aromatic N) is 2. The molecular weight excluding hydrogens is 527 g/mol. The lowest BCUT2D eigenvalue weighted by Gasteiger charge is -2.24. The van der Waals surface area contributed by atoms with Gasteiger partial charge in [0, 0.05) is 45.2 Å². The van der Waals surface area contributed by atoms with E-state index in [1.165, 1.54) is 16.7 Å². The van der Waals surface area contributed by atoms with Gasteiger partial charge in [0.15, 0.2) is 5.96 Å². The van der Waals surface area contributed by atoms with Gasteiger partial charge in [-0.25, -0.2) is 0 Å². The van der Waals surface area contributed by atoms with Crippen molar-refractivity contribution in [3.8, 4) is 5.75 Å². The summed E-state index contributed by atoms with van der Waals surface area (Å²) in [5.74, 6) is 1.81. The van der Waals surface area contributed by atoms with Gasteiger partial charge in [0.1, 0.15) is 11.4 Å². The zero-order valence-electron chi connectivity index (χ0n) is 20.4. The lowest BCUT2D eigenvalue weighted by atomic mass is 10.1. The lowest BCUT2D eigenvalue weighted by molar-refractivity contribution is -0.131. The molecule has 1 heterocycles. The van der Waals surface area contributed by atoms with Crippen LogP contribution in [-0.2, 0) is 24.4 Å². The van der Waals surface area contributed by atoms with Gasteiger partial charge in [-0.05, 0) is 56.9 Å². The first-order chi connectivity index (χ1) is 15.2. The Labute approximate surface area is 215 Å². The summed E-state index contributed by atoms with van der Waals surface area (Å²) >= 11 is 0. The molecule has 3 rings (SSSR count). The highest BCUT2D eigenvalue weighted by Gasteiger charge is 2.22. The van der Waals surface area contributed by atoms with Gasteiger partial charge in [-0.15, -0.1) is 24.0 Å². The zero-order valence-corrected chi connectivity index (χ0v) is 22.7. The van der Waals surface area contributed by atoms with Crippen LogP contribution in [0.25, 0.3) is 0 Å². The number of rotatable bonds is 7. The molecule has 0 unspecified atom stereocenters. The topological polar surface area (TPSA) is 66.0 Å². The first-order valence-corrected chi connectivity index (χ1v) is 11.3. The minimum absolute atomic E-state index is 0. The number of ether oxygens (including phenoxy) is 1. The smallest absolute Gasteiger partial charge is 0.223 e. The second-order valence-electron chi connectivity index (χ2n) is 9.30. The van der Waals surface area contributed by atoms with Crippen LogP contribution in [-0.4, -0.2) is 36.0 Å². The number of guanidine groups is 1. The molecule has 0 radical (unpaired) electrons. The third-order valence-corrected chi connectivity index (χ3v) is 5.36. The number of hydrogen-bond donors (Lipinski definition) is 2. The Morgan fingerprint density at radius 2 is 1.76 bits per heavy atom. The Hall–Kier alpha value is -2.29. The van der Waals surface area contributed by atoms with Crippen LogP contribution < -0.4 is 15.4 Å². The number of carbonyl (C=O) groups is 1. The summed E-state index contributed by atoms with van der Waals surface area (Å²) in [6.07, 6.45) is 1.29. The number of halogens is 1. The van der Waals surface area contributed by atoms with Crippen LogP contribution in [0, 0.1) is 6.92 Å². The molecule has 0 saturated carbocycles. The van der Waals surface area contributed by atoms with Crippen LogP contribution in [0.3, 0.4) is 0 Å². The fourth-order valence-electron chi connectivity index (χ4n) is 3.75. The number of benzene rings is 2. The van der Waals surface area contributed by atoms with E-state index in [4.69, 9.17) is 4.74 Å². The van der Waals surface area contributed by atoms with E-state index in [0.717, 1.165) is 30.8 Å². The van der Waals surface area contributed by atoms with E-state index in [1.54, 1.807) is 7.05 Å². The molecule has 0 saturated heterocycles. The maximum absolute atomic E-state index is 12.6. The molecule has 2 aromatic rings. The predicted octanol–water partition coefficient (Wildman–Crippen LogP) is 4.78. The van der Waals surface area contributed by atoms with E-state index in [0.29, 0.717) is 25.5 Å². The lowest BCUT2D eigenvalue weighted by Crippen LogP contribution is -2.38. The number of fused-ring (bicyclic) bond motifs is 1. The van der Waals surface area contributed by atoms with Gasteiger partial charge in [-0.3, -0.25) is 9.79 Å². The first kappa shape index (κ1) is 27.0. The van der Waals surface area contributed by atoms with Crippen LogP contribution in [0.4, 0.5) is 0 Å². The average molecular weight is 565 g/mol. The summed E-state index contributed by atoms with van der Waals surface area (Å²) in [5.41, 5.74) is 4.51. The molecule has 6 nitrogen and oxygen atoms in total. The molecule has 2 N–H and O–H groups in total. The van der Waals surface area contributed by atoms with E-state index in [-0.39, 0.29) is 35.5 Å². The quantitative estimate of drug-likeness (QED) is 0.220. The van der Waals surface area contributed by atoms with E-state index in [9.17, 15) is 4.79 Å². The number of hydrogen-bond acceptors (Lipinski definition) is 3. The number of aliphatic imine (C=N–C) groups is 1. The first-order valence-electron chi connectivity index (χ1n) is 11.3. The summed E-state index contributed by atoms with van der Waals surface area (Å²) in [6, 6.07) is 14.5. The Balaban J connectivity index is 0.00000385. The van der Waals surface area contributed by atoms with Crippen molar-refractivity contribution >= 4 is 35.8 Å². The second-order valence-corrected chi connectivity index (χ2v) is 9.30. The standard InChI is InChI=1S/C26H36N4O2.HI/c1-19-12-13-20(23(15-19)32-26(2,3)4)16-29-25(27-5)28-14-8-11-24(31)30-17-21-9-6-7-10-22(21)18-30;/h6-7,9-10,12-13,15H,8,11,14,16-18H2,1-5H3,(H2,27,28,29);1H. The van der Waals surface area contributed by atoms with Crippen LogP contribution >= 0.6 is 24.0 Å². The van der Waals surface area contributed by atoms with Gasteiger partial charge < -0.3 is 20.3 Å². The Bertz CT molecular complexity index is 944. The summed E-state index contributed by atoms with van der Waals surface area (Å²) in [7, 11) is 1.75. The van der Waals surface area contributed by atoms with Crippen molar-refractivity contribution in [3.63, 3.8) is 0 Å². The molecule has 0 fully saturated rings. The fourth-order valence-corrected chi connectivity index (χ4v) is 3.75. The highest BCUT2D eigenvalue weighted by Crippen LogP contribution is 2.25. The van der Waals surface area contributed by atoms with Gasteiger partial charge in [0.05, 0.1) is 0 Å². The molecule has 0 atom stereocenters. The van der Waals surface area contributed by atoms with Crippen molar-refractivity contribution in [2.75, 3.05) is 13.6 Å². The van der Waals surface area contributed by atoms with Crippen molar-refractivity contribution in [2.45, 2.75) is 65.8 Å². The highest BCUT2D eigenvalue weighted by molar-refractivity contribution is 14.0. The molecular formula is C26H37IN4O2. The molecule has 0 aliphatic carbocycles. The van der Waals surface area contributed by atoms with Crippen molar-refractivity contribution in [3.05, 3.63) is 64.7 Å². The Morgan fingerprint density at radius 1 is 1.09 bits per heavy atom. The molecule has 0 bridgehead atoms. The van der Waals surface area contributed by atoms with Gasteiger partial charge in [0.25, 0.3) is 0 Å². The number of nitrogens with one attached hydrogen (secondary N) is 2. The molecule has 180 valence electrons. The van der Waals surface area contributed by atoms with E-state index < -0.39 is 0 Å². The van der Waals surface area contributed by atoms with Crippen LogP contribution in [0.1, 0.15) is 55.9 Å². The van der Waals surface area contributed by atoms with Crippen LogP contribution in [0.2, 0.25) is 0 Å². The summed E-state index contributed by atoms with van der Waals surface area (Å²) in [6.45, 7) is 11.0. The van der Waals surface area contributed by atoms with Crippen molar-refractivity contribution in [2.24, 2.45) is 4.99 Å². The third-order valence-electron chi connectivity index (χ3n) is 5.36. The largest absolute Gasteiger partial charge is 0.488 e. The van der Waals surface area contributed by atoms with E-state index in [1.807, 2.05) is 17.0 Å². The second kappa shape index (κ2) is 12.3. The molecule has 1 aliphatic rings. The van der Waals surface area contributed by atoms with E-state index in [2.05, 4.69) is 73.7 Å². The van der Waals surface area contributed by atoms with Gasteiger partial charge in [-0.2, -0.15) is 0 Å². The van der Waals surface area contributed by atoms with Crippen LogP contribution in [0.5, 0.6) is 5.75 Å². The number of amides is 1. The highest BCUT2D eigenvalue weighted by atomic mass is 127. The minimum atomic E-state index is -0.258. The zero-order chi connectivity index (χ0) is 23.1. The van der Waals surface area contributed by atoms with E-state index >= 15 is 0 Å². The molecule has 0 aromatic heterocycles. The monoisotopic (exact) mass is 564 g/mol. The maximum Gasteiger partial charge on any atom is 0.223 e.